The van der Waals surface area contributed by atoms with Crippen molar-refractivity contribution in [1.29, 1.82) is 0 Å². The zero-order valence-electron chi connectivity index (χ0n) is 13.1. The molecule has 4 rings (SSSR count). The summed E-state index contributed by atoms with van der Waals surface area (Å²) in [6, 6.07) is 22.4. The quantitative estimate of drug-likeness (QED) is 0.414. The van der Waals surface area contributed by atoms with Crippen LogP contribution >= 0.6 is 24.0 Å². The molecule has 0 unspecified atom stereocenters. The van der Waals surface area contributed by atoms with Crippen molar-refractivity contribution in [2.75, 3.05) is 5.32 Å². The minimum atomic E-state index is 0. The van der Waals surface area contributed by atoms with Gasteiger partial charge in [0.25, 0.3) is 0 Å². The van der Waals surface area contributed by atoms with Crippen LogP contribution in [0.1, 0.15) is 5.69 Å². The Morgan fingerprint density at radius 1 is 0.875 bits per heavy atom. The number of hydrogen-bond acceptors (Lipinski definition) is 2. The van der Waals surface area contributed by atoms with Gasteiger partial charge in [0.2, 0.25) is 0 Å². The highest BCUT2D eigenvalue weighted by Crippen LogP contribution is 2.31. The Morgan fingerprint density at radius 3 is 2.42 bits per heavy atom. The molecule has 0 saturated heterocycles. The van der Waals surface area contributed by atoms with Crippen molar-refractivity contribution in [3.63, 3.8) is 0 Å². The Bertz CT molecular complexity index is 1010. The van der Waals surface area contributed by atoms with Gasteiger partial charge in [0.1, 0.15) is 0 Å². The average Bonchev–Trinajstić information content (AvgIpc) is 2.57. The second-order valence-corrected chi connectivity index (χ2v) is 6.06. The Labute approximate surface area is 151 Å². The highest BCUT2D eigenvalue weighted by atomic mass is 35.5. The van der Waals surface area contributed by atoms with Gasteiger partial charge in [-0.15, -0.1) is 12.4 Å². The molecule has 24 heavy (non-hydrogen) atoms. The minimum absolute atomic E-state index is 0. The third-order valence-corrected chi connectivity index (χ3v) is 4.21. The van der Waals surface area contributed by atoms with Crippen LogP contribution in [-0.4, -0.2) is 4.98 Å². The van der Waals surface area contributed by atoms with E-state index in [0.29, 0.717) is 0 Å². The number of aromatic nitrogens is 1. The number of fused-ring (bicyclic) bond motifs is 3. The maximum absolute atomic E-state index is 5.96. The fourth-order valence-electron chi connectivity index (χ4n) is 2.88. The van der Waals surface area contributed by atoms with E-state index in [0.717, 1.165) is 33.0 Å². The first-order chi connectivity index (χ1) is 11.2. The van der Waals surface area contributed by atoms with Crippen molar-refractivity contribution < 1.29 is 0 Å². The molecule has 2 nitrogen and oxygen atoms in total. The molecule has 0 bridgehead atoms. The number of halogens is 2. The normalized spacial score (nSPS) is 10.6. The molecule has 4 aromatic rings. The zero-order chi connectivity index (χ0) is 15.8. The molecule has 1 N–H and O–H groups in total. The number of nitrogens with zero attached hydrogens (tertiary/aromatic N) is 1. The van der Waals surface area contributed by atoms with E-state index in [1.54, 1.807) is 0 Å². The summed E-state index contributed by atoms with van der Waals surface area (Å²) in [5.74, 6) is 0. The first-order valence-electron chi connectivity index (χ1n) is 7.52. The number of rotatable bonds is 2. The molecule has 0 aliphatic carbocycles. The Balaban J connectivity index is 0.00000169. The van der Waals surface area contributed by atoms with Crippen LogP contribution in [0.4, 0.5) is 11.4 Å². The minimum Gasteiger partial charge on any atom is -0.355 e. The summed E-state index contributed by atoms with van der Waals surface area (Å²) in [7, 11) is 0. The monoisotopic (exact) mass is 354 g/mol. The molecule has 0 fully saturated rings. The molecule has 0 aliphatic heterocycles. The van der Waals surface area contributed by atoms with Gasteiger partial charge in [-0.1, -0.05) is 48.0 Å². The smallest absolute Gasteiger partial charge is 0.0804 e. The lowest BCUT2D eigenvalue weighted by molar-refractivity contribution is 1.26. The maximum Gasteiger partial charge on any atom is 0.0804 e. The van der Waals surface area contributed by atoms with E-state index in [1.165, 1.54) is 10.8 Å². The molecule has 0 aliphatic rings. The van der Waals surface area contributed by atoms with Crippen molar-refractivity contribution >= 4 is 57.1 Å². The summed E-state index contributed by atoms with van der Waals surface area (Å²) in [5, 5.41) is 7.71. The molecule has 4 heteroatoms. The molecule has 1 heterocycles. The van der Waals surface area contributed by atoms with Crippen LogP contribution < -0.4 is 5.32 Å². The van der Waals surface area contributed by atoms with E-state index in [-0.39, 0.29) is 12.4 Å². The molecule has 0 atom stereocenters. The van der Waals surface area contributed by atoms with Crippen LogP contribution in [0.15, 0.2) is 66.7 Å². The number of nitrogens with one attached hydrogen (secondary N) is 1. The summed E-state index contributed by atoms with van der Waals surface area (Å²) in [6.45, 7) is 2.02. The fourth-order valence-corrected chi connectivity index (χ4v) is 3.01. The SMILES string of the molecule is Cc1cc(Nc2ccc(Cl)cc2)c2ccc3ccccc3c2n1.Cl. The lowest BCUT2D eigenvalue weighted by Gasteiger charge is -2.12. The van der Waals surface area contributed by atoms with Crippen LogP contribution in [0, 0.1) is 6.92 Å². The molecule has 0 amide bonds. The number of benzene rings is 3. The van der Waals surface area contributed by atoms with Gasteiger partial charge < -0.3 is 5.32 Å². The summed E-state index contributed by atoms with van der Waals surface area (Å²) >= 11 is 5.96. The maximum atomic E-state index is 5.96. The van der Waals surface area contributed by atoms with Gasteiger partial charge in [-0.3, -0.25) is 4.98 Å². The fraction of sp³-hybridized carbons (Fsp3) is 0.0500. The van der Waals surface area contributed by atoms with E-state index < -0.39 is 0 Å². The van der Waals surface area contributed by atoms with E-state index in [4.69, 9.17) is 16.6 Å². The van der Waals surface area contributed by atoms with Gasteiger partial charge in [0, 0.05) is 32.9 Å². The summed E-state index contributed by atoms with van der Waals surface area (Å²) < 4.78 is 0. The lowest BCUT2D eigenvalue weighted by Crippen LogP contribution is -1.95. The summed E-state index contributed by atoms with van der Waals surface area (Å²) in [4.78, 5) is 4.76. The van der Waals surface area contributed by atoms with Crippen LogP contribution in [0.25, 0.3) is 21.7 Å². The number of anilines is 2. The van der Waals surface area contributed by atoms with E-state index in [2.05, 4.69) is 47.8 Å². The summed E-state index contributed by atoms with van der Waals surface area (Å²) in [6.07, 6.45) is 0. The molecular weight excluding hydrogens is 339 g/mol. The highest BCUT2D eigenvalue weighted by molar-refractivity contribution is 6.30. The molecule has 120 valence electrons. The molecular formula is C20H16Cl2N2. The largest absolute Gasteiger partial charge is 0.355 e. The number of aryl methyl sites for hydroxylation is 1. The van der Waals surface area contributed by atoms with Gasteiger partial charge in [-0.05, 0) is 42.6 Å². The van der Waals surface area contributed by atoms with E-state index in [1.807, 2.05) is 31.2 Å². The van der Waals surface area contributed by atoms with Gasteiger partial charge in [0.05, 0.1) is 5.52 Å². The van der Waals surface area contributed by atoms with E-state index in [9.17, 15) is 0 Å². The second-order valence-electron chi connectivity index (χ2n) is 5.63. The summed E-state index contributed by atoms with van der Waals surface area (Å²) in [5.41, 5.74) is 4.08. The molecule has 0 saturated carbocycles. The van der Waals surface area contributed by atoms with E-state index >= 15 is 0 Å². The highest BCUT2D eigenvalue weighted by Gasteiger charge is 2.08. The molecule has 0 spiro atoms. The topological polar surface area (TPSA) is 24.9 Å². The Kier molecular flexibility index (Phi) is 4.61. The first kappa shape index (κ1) is 16.6. The number of hydrogen-bond donors (Lipinski definition) is 1. The first-order valence-corrected chi connectivity index (χ1v) is 7.90. The van der Waals surface area contributed by atoms with Crippen molar-refractivity contribution in [1.82, 2.24) is 4.98 Å². The third kappa shape index (κ3) is 3.03. The second kappa shape index (κ2) is 6.68. The predicted molar refractivity (Wildman–Crippen MR) is 106 cm³/mol. The van der Waals surface area contributed by atoms with Crippen LogP contribution in [0.2, 0.25) is 5.02 Å². The van der Waals surface area contributed by atoms with Crippen molar-refractivity contribution in [2.45, 2.75) is 6.92 Å². The average molecular weight is 355 g/mol. The molecule has 1 aromatic heterocycles. The standard InChI is InChI=1S/C20H15ClN2.ClH/c1-13-12-19(23-16-9-7-15(21)8-10-16)18-11-6-14-4-2-3-5-17(14)20(18)22-13;/h2-12H,1H3,(H,22,23);1H. The molecule has 3 aromatic carbocycles. The third-order valence-electron chi connectivity index (χ3n) is 3.96. The van der Waals surface area contributed by atoms with Crippen LogP contribution in [0.3, 0.4) is 0 Å². The zero-order valence-corrected chi connectivity index (χ0v) is 14.7. The Morgan fingerprint density at radius 2 is 1.62 bits per heavy atom. The van der Waals surface area contributed by atoms with Gasteiger partial charge in [-0.25, -0.2) is 0 Å². The predicted octanol–water partition coefficient (Wildman–Crippen LogP) is 6.52. The van der Waals surface area contributed by atoms with Gasteiger partial charge >= 0.3 is 0 Å². The van der Waals surface area contributed by atoms with Crippen molar-refractivity contribution in [2.24, 2.45) is 0 Å². The van der Waals surface area contributed by atoms with Crippen molar-refractivity contribution in [3.05, 3.63) is 77.4 Å². The lowest BCUT2D eigenvalue weighted by atomic mass is 10.0. The van der Waals surface area contributed by atoms with Gasteiger partial charge in [0.15, 0.2) is 0 Å². The van der Waals surface area contributed by atoms with Crippen LogP contribution in [-0.2, 0) is 0 Å². The Hall–Kier alpha value is -2.29. The molecule has 0 radical (unpaired) electrons. The van der Waals surface area contributed by atoms with Crippen LogP contribution in [0.5, 0.6) is 0 Å². The number of pyridine rings is 1. The van der Waals surface area contributed by atoms with Gasteiger partial charge in [-0.2, -0.15) is 0 Å². The van der Waals surface area contributed by atoms with Crippen molar-refractivity contribution in [3.8, 4) is 0 Å².